The monoisotopic (exact) mass is 286 g/mol. The highest BCUT2D eigenvalue weighted by Gasteiger charge is 2.12. The van der Waals surface area contributed by atoms with Gasteiger partial charge in [0.1, 0.15) is 12.4 Å². The van der Waals surface area contributed by atoms with Crippen LogP contribution in [-0.4, -0.2) is 18.4 Å². The van der Waals surface area contributed by atoms with Gasteiger partial charge in [-0.15, -0.1) is 0 Å². The highest BCUT2D eigenvalue weighted by molar-refractivity contribution is 5.89. The second-order valence-electron chi connectivity index (χ2n) is 4.71. The minimum Gasteiger partial charge on any atom is -0.455 e. The zero-order valence-electron chi connectivity index (χ0n) is 12.4. The van der Waals surface area contributed by atoms with Gasteiger partial charge in [-0.2, -0.15) is 0 Å². The smallest absolute Gasteiger partial charge is 0.338 e. The first-order valence-corrected chi connectivity index (χ1v) is 7.32. The molecule has 1 atom stereocenters. The molecule has 1 aromatic rings. The first-order valence-electron chi connectivity index (χ1n) is 7.32. The van der Waals surface area contributed by atoms with Crippen molar-refractivity contribution in [3.63, 3.8) is 0 Å². The Morgan fingerprint density at radius 2 is 1.90 bits per heavy atom. The summed E-state index contributed by atoms with van der Waals surface area (Å²) in [5, 5.41) is 0. The van der Waals surface area contributed by atoms with Crippen LogP contribution in [0.2, 0.25) is 0 Å². The number of esters is 1. The number of aldehydes is 1. The molecule has 1 rings (SSSR count). The van der Waals surface area contributed by atoms with Crippen molar-refractivity contribution in [2.24, 2.45) is 0 Å². The quantitative estimate of drug-likeness (QED) is 0.226. The molecule has 0 aliphatic rings. The van der Waals surface area contributed by atoms with Crippen molar-refractivity contribution >= 4 is 12.3 Å². The Labute approximate surface area is 126 Å². The normalized spacial score (nSPS) is 12.6. The maximum Gasteiger partial charge on any atom is 0.338 e. The van der Waals surface area contributed by atoms with Gasteiger partial charge in [0, 0.05) is 0 Å². The SMILES string of the molecule is CCCCC[C@@H](/C=C/C=C/C=O)OC(=O)c1ccccc1. The molecule has 0 bridgehead atoms. The van der Waals surface area contributed by atoms with E-state index in [9.17, 15) is 9.59 Å². The molecular formula is C18H22O3. The van der Waals surface area contributed by atoms with Crippen molar-refractivity contribution in [1.82, 2.24) is 0 Å². The van der Waals surface area contributed by atoms with E-state index in [4.69, 9.17) is 4.74 Å². The summed E-state index contributed by atoms with van der Waals surface area (Å²) in [4.78, 5) is 22.3. The van der Waals surface area contributed by atoms with Crippen molar-refractivity contribution in [3.05, 3.63) is 60.2 Å². The molecule has 3 heteroatoms. The Morgan fingerprint density at radius 1 is 1.14 bits per heavy atom. The molecule has 0 amide bonds. The third kappa shape index (κ3) is 7.25. The Hall–Kier alpha value is -2.16. The second kappa shape index (κ2) is 10.6. The van der Waals surface area contributed by atoms with E-state index in [0.29, 0.717) is 11.8 Å². The van der Waals surface area contributed by atoms with Crippen LogP contribution in [-0.2, 0) is 9.53 Å². The number of hydrogen-bond acceptors (Lipinski definition) is 3. The lowest BCUT2D eigenvalue weighted by Crippen LogP contribution is -2.16. The molecule has 0 unspecified atom stereocenters. The Morgan fingerprint density at radius 3 is 2.57 bits per heavy atom. The van der Waals surface area contributed by atoms with Crippen molar-refractivity contribution in [2.45, 2.75) is 38.7 Å². The lowest BCUT2D eigenvalue weighted by molar-refractivity contribution is -0.104. The zero-order chi connectivity index (χ0) is 15.3. The van der Waals surface area contributed by atoms with Gasteiger partial charge < -0.3 is 4.74 Å². The van der Waals surface area contributed by atoms with Crippen molar-refractivity contribution < 1.29 is 14.3 Å². The van der Waals surface area contributed by atoms with Crippen molar-refractivity contribution in [3.8, 4) is 0 Å². The molecule has 0 saturated heterocycles. The van der Waals surface area contributed by atoms with Gasteiger partial charge in [-0.05, 0) is 37.1 Å². The molecule has 112 valence electrons. The van der Waals surface area contributed by atoms with E-state index in [0.717, 1.165) is 25.7 Å². The predicted octanol–water partition coefficient (Wildman–Crippen LogP) is 4.10. The maximum atomic E-state index is 12.0. The summed E-state index contributed by atoms with van der Waals surface area (Å²) in [5.74, 6) is -0.318. The lowest BCUT2D eigenvalue weighted by Gasteiger charge is -2.14. The van der Waals surface area contributed by atoms with Crippen molar-refractivity contribution in [2.75, 3.05) is 0 Å². The fourth-order valence-electron chi connectivity index (χ4n) is 1.87. The third-order valence-electron chi connectivity index (χ3n) is 2.99. The van der Waals surface area contributed by atoms with E-state index < -0.39 is 0 Å². The molecule has 21 heavy (non-hydrogen) atoms. The van der Waals surface area contributed by atoms with Gasteiger partial charge in [0.2, 0.25) is 0 Å². The highest BCUT2D eigenvalue weighted by atomic mass is 16.5. The number of carbonyl (C=O) groups excluding carboxylic acids is 2. The summed E-state index contributed by atoms with van der Waals surface area (Å²) in [5.41, 5.74) is 0.551. The Bertz CT molecular complexity index is 474. The Kier molecular flexibility index (Phi) is 8.53. The van der Waals surface area contributed by atoms with Crippen LogP contribution in [0, 0.1) is 0 Å². The minimum absolute atomic E-state index is 0.263. The molecular weight excluding hydrogens is 264 g/mol. The van der Waals surface area contributed by atoms with Crippen molar-refractivity contribution in [1.29, 1.82) is 0 Å². The fourth-order valence-corrected chi connectivity index (χ4v) is 1.87. The topological polar surface area (TPSA) is 43.4 Å². The number of unbranched alkanes of at least 4 members (excludes halogenated alkanes) is 2. The molecule has 0 heterocycles. The molecule has 3 nitrogen and oxygen atoms in total. The third-order valence-corrected chi connectivity index (χ3v) is 2.99. The first kappa shape index (κ1) is 16.9. The van der Waals surface area contributed by atoms with Gasteiger partial charge >= 0.3 is 5.97 Å². The van der Waals surface area contributed by atoms with Crippen LogP contribution >= 0.6 is 0 Å². The van der Waals surface area contributed by atoms with Crippen LogP contribution in [0.15, 0.2) is 54.6 Å². The van der Waals surface area contributed by atoms with E-state index in [-0.39, 0.29) is 12.1 Å². The van der Waals surface area contributed by atoms with E-state index in [2.05, 4.69) is 6.92 Å². The van der Waals surface area contributed by atoms with Gasteiger partial charge in [0.25, 0.3) is 0 Å². The van der Waals surface area contributed by atoms with Gasteiger partial charge in [-0.3, -0.25) is 4.79 Å². The summed E-state index contributed by atoms with van der Waals surface area (Å²) < 4.78 is 5.52. The molecule has 0 aliphatic heterocycles. The van der Waals surface area contributed by atoms with Gasteiger partial charge in [-0.25, -0.2) is 4.79 Å². The molecule has 0 radical (unpaired) electrons. The minimum atomic E-state index is -0.318. The van der Waals surface area contributed by atoms with E-state index in [1.165, 1.54) is 6.08 Å². The summed E-state index contributed by atoms with van der Waals surface area (Å²) >= 11 is 0. The number of rotatable bonds is 9. The fraction of sp³-hybridized carbons (Fsp3) is 0.333. The second-order valence-corrected chi connectivity index (χ2v) is 4.71. The molecule has 0 N–H and O–H groups in total. The average molecular weight is 286 g/mol. The van der Waals surface area contributed by atoms with E-state index in [1.807, 2.05) is 24.3 Å². The highest BCUT2D eigenvalue weighted by Crippen LogP contribution is 2.11. The maximum absolute atomic E-state index is 12.0. The average Bonchev–Trinajstić information content (AvgIpc) is 2.52. The molecule has 0 spiro atoms. The van der Waals surface area contributed by atoms with Gasteiger partial charge in [0.05, 0.1) is 5.56 Å². The predicted molar refractivity (Wildman–Crippen MR) is 84.1 cm³/mol. The van der Waals surface area contributed by atoms with Gasteiger partial charge in [0.15, 0.2) is 0 Å². The van der Waals surface area contributed by atoms with Crippen LogP contribution in [0.1, 0.15) is 43.0 Å². The van der Waals surface area contributed by atoms with Gasteiger partial charge in [-0.1, -0.05) is 50.1 Å². The number of hydrogen-bond donors (Lipinski definition) is 0. The standard InChI is InChI=1S/C18H22O3/c1-2-3-6-13-17(14-9-5-10-15-19)21-18(20)16-11-7-4-8-12-16/h4-5,7-12,14-15,17H,2-3,6,13H2,1H3/b10-5+,14-9+/t17-/m0/s1. The summed E-state index contributed by atoms with van der Waals surface area (Å²) in [6.45, 7) is 2.13. The van der Waals surface area contributed by atoms with Crippen LogP contribution in [0.4, 0.5) is 0 Å². The summed E-state index contributed by atoms with van der Waals surface area (Å²) in [7, 11) is 0. The molecule has 0 saturated carbocycles. The van der Waals surface area contributed by atoms with Crippen LogP contribution in [0.25, 0.3) is 0 Å². The summed E-state index contributed by atoms with van der Waals surface area (Å²) in [6, 6.07) is 8.96. The number of ether oxygens (including phenoxy) is 1. The zero-order valence-corrected chi connectivity index (χ0v) is 12.4. The van der Waals surface area contributed by atoms with E-state index in [1.54, 1.807) is 24.3 Å². The Balaban J connectivity index is 2.62. The number of allylic oxidation sites excluding steroid dienone is 3. The van der Waals surface area contributed by atoms with E-state index >= 15 is 0 Å². The summed E-state index contributed by atoms with van der Waals surface area (Å²) in [6.07, 6.45) is 11.1. The largest absolute Gasteiger partial charge is 0.455 e. The first-order chi connectivity index (χ1) is 10.3. The lowest BCUT2D eigenvalue weighted by atomic mass is 10.1. The van der Waals surface area contributed by atoms with Crippen LogP contribution in [0.5, 0.6) is 0 Å². The number of benzene rings is 1. The van der Waals surface area contributed by atoms with Crippen LogP contribution in [0.3, 0.4) is 0 Å². The molecule has 0 fully saturated rings. The molecule has 0 aromatic heterocycles. The molecule has 0 aliphatic carbocycles. The van der Waals surface area contributed by atoms with Crippen LogP contribution < -0.4 is 0 Å². The number of carbonyl (C=O) groups is 2. The molecule has 1 aromatic carbocycles.